The summed E-state index contributed by atoms with van der Waals surface area (Å²) >= 11 is 0. The summed E-state index contributed by atoms with van der Waals surface area (Å²) in [5.74, 6) is 3.74. The SMILES string of the molecule is CCOc1ccc(OCc2nc([C@H]3CCCN(C)C3)n[nH]2)cc1. The van der Waals surface area contributed by atoms with E-state index in [0.717, 1.165) is 42.7 Å². The lowest BCUT2D eigenvalue weighted by Gasteiger charge is -2.27. The topological polar surface area (TPSA) is 63.3 Å². The molecule has 3 rings (SSSR count). The lowest BCUT2D eigenvalue weighted by atomic mass is 9.98. The number of likely N-dealkylation sites (N-methyl/N-ethyl adjacent to an activating group) is 1. The maximum absolute atomic E-state index is 5.75. The number of hydrogen-bond acceptors (Lipinski definition) is 5. The smallest absolute Gasteiger partial charge is 0.162 e. The molecule has 0 radical (unpaired) electrons. The number of H-pyrrole nitrogens is 1. The van der Waals surface area contributed by atoms with Gasteiger partial charge in [-0.25, -0.2) is 4.98 Å². The van der Waals surface area contributed by atoms with Gasteiger partial charge in [0.05, 0.1) is 6.61 Å². The summed E-state index contributed by atoms with van der Waals surface area (Å²) in [6.45, 7) is 5.21. The number of piperidine rings is 1. The summed E-state index contributed by atoms with van der Waals surface area (Å²) in [5, 5.41) is 7.35. The molecular weight excluding hydrogens is 292 g/mol. The van der Waals surface area contributed by atoms with E-state index in [1.165, 1.54) is 6.42 Å². The van der Waals surface area contributed by atoms with Crippen LogP contribution in [0.2, 0.25) is 0 Å². The van der Waals surface area contributed by atoms with Crippen LogP contribution in [-0.2, 0) is 6.61 Å². The Morgan fingerprint density at radius 3 is 2.65 bits per heavy atom. The Balaban J connectivity index is 1.54. The predicted molar refractivity (Wildman–Crippen MR) is 87.8 cm³/mol. The molecule has 23 heavy (non-hydrogen) atoms. The van der Waals surface area contributed by atoms with Gasteiger partial charge in [0, 0.05) is 12.5 Å². The van der Waals surface area contributed by atoms with E-state index in [9.17, 15) is 0 Å². The number of likely N-dealkylation sites (tertiary alicyclic amines) is 1. The number of nitrogens with one attached hydrogen (secondary N) is 1. The molecule has 1 aromatic heterocycles. The highest BCUT2D eigenvalue weighted by molar-refractivity contribution is 5.31. The van der Waals surface area contributed by atoms with E-state index >= 15 is 0 Å². The van der Waals surface area contributed by atoms with Crippen molar-refractivity contribution < 1.29 is 9.47 Å². The number of hydrogen-bond donors (Lipinski definition) is 1. The molecule has 124 valence electrons. The first-order valence-electron chi connectivity index (χ1n) is 8.20. The lowest BCUT2D eigenvalue weighted by molar-refractivity contribution is 0.245. The first kappa shape index (κ1) is 15.8. The first-order chi connectivity index (χ1) is 11.2. The second-order valence-electron chi connectivity index (χ2n) is 5.93. The fourth-order valence-corrected chi connectivity index (χ4v) is 2.88. The van der Waals surface area contributed by atoms with Gasteiger partial charge in [0.1, 0.15) is 18.1 Å². The third-order valence-electron chi connectivity index (χ3n) is 4.05. The average Bonchev–Trinajstić information content (AvgIpc) is 3.04. The maximum Gasteiger partial charge on any atom is 0.162 e. The summed E-state index contributed by atoms with van der Waals surface area (Å²) in [6.07, 6.45) is 2.36. The van der Waals surface area contributed by atoms with Crippen LogP contribution in [-0.4, -0.2) is 46.8 Å². The van der Waals surface area contributed by atoms with Crippen LogP contribution in [0.4, 0.5) is 0 Å². The Morgan fingerprint density at radius 1 is 1.22 bits per heavy atom. The Bertz CT molecular complexity index is 611. The molecule has 0 aliphatic carbocycles. The molecule has 1 fully saturated rings. The molecule has 1 aromatic carbocycles. The monoisotopic (exact) mass is 316 g/mol. The maximum atomic E-state index is 5.75. The quantitative estimate of drug-likeness (QED) is 0.887. The van der Waals surface area contributed by atoms with Gasteiger partial charge in [-0.15, -0.1) is 0 Å². The minimum Gasteiger partial charge on any atom is -0.494 e. The minimum atomic E-state index is 0.392. The molecule has 1 atom stereocenters. The zero-order valence-corrected chi connectivity index (χ0v) is 13.8. The van der Waals surface area contributed by atoms with E-state index < -0.39 is 0 Å². The molecule has 0 bridgehead atoms. The second-order valence-corrected chi connectivity index (χ2v) is 5.93. The van der Waals surface area contributed by atoms with Crippen LogP contribution in [0.1, 0.15) is 37.3 Å². The van der Waals surface area contributed by atoms with Crippen molar-refractivity contribution in [2.45, 2.75) is 32.3 Å². The fraction of sp³-hybridized carbons (Fsp3) is 0.529. The van der Waals surface area contributed by atoms with Gasteiger partial charge in [-0.1, -0.05) is 0 Å². The van der Waals surface area contributed by atoms with Crippen molar-refractivity contribution in [3.8, 4) is 11.5 Å². The van der Waals surface area contributed by atoms with Gasteiger partial charge in [-0.3, -0.25) is 5.10 Å². The molecule has 0 spiro atoms. The van der Waals surface area contributed by atoms with Crippen molar-refractivity contribution in [2.75, 3.05) is 26.7 Å². The van der Waals surface area contributed by atoms with E-state index in [1.807, 2.05) is 31.2 Å². The number of aromatic nitrogens is 3. The first-order valence-corrected chi connectivity index (χ1v) is 8.20. The van der Waals surface area contributed by atoms with Crippen LogP contribution >= 0.6 is 0 Å². The normalized spacial score (nSPS) is 18.8. The Morgan fingerprint density at radius 2 is 1.96 bits per heavy atom. The Labute approximate surface area is 136 Å². The van der Waals surface area contributed by atoms with Crippen molar-refractivity contribution in [2.24, 2.45) is 0 Å². The lowest BCUT2D eigenvalue weighted by Crippen LogP contribution is -2.31. The third kappa shape index (κ3) is 4.22. The summed E-state index contributed by atoms with van der Waals surface area (Å²) in [6, 6.07) is 7.61. The van der Waals surface area contributed by atoms with Crippen molar-refractivity contribution in [3.05, 3.63) is 35.9 Å². The van der Waals surface area contributed by atoms with Crippen molar-refractivity contribution in [1.82, 2.24) is 20.1 Å². The molecule has 1 aliphatic heterocycles. The minimum absolute atomic E-state index is 0.392. The van der Waals surface area contributed by atoms with Crippen molar-refractivity contribution >= 4 is 0 Å². The highest BCUT2D eigenvalue weighted by atomic mass is 16.5. The Kier molecular flexibility index (Phi) is 5.12. The van der Waals surface area contributed by atoms with E-state index in [1.54, 1.807) is 0 Å². The van der Waals surface area contributed by atoms with E-state index in [4.69, 9.17) is 9.47 Å². The number of nitrogens with zero attached hydrogens (tertiary/aromatic N) is 3. The molecule has 2 aromatic rings. The Hall–Kier alpha value is -2.08. The van der Waals surface area contributed by atoms with Crippen molar-refractivity contribution in [1.29, 1.82) is 0 Å². The standard InChI is InChI=1S/C17H24N4O2/c1-3-22-14-6-8-15(9-7-14)23-12-16-18-17(20-19-16)13-5-4-10-21(2)11-13/h6-9,13H,3-5,10-12H2,1-2H3,(H,18,19,20)/t13-/m0/s1. The summed E-state index contributed by atoms with van der Waals surface area (Å²) in [7, 11) is 2.15. The van der Waals surface area contributed by atoms with Gasteiger partial charge >= 0.3 is 0 Å². The van der Waals surface area contributed by atoms with Crippen LogP contribution in [0.15, 0.2) is 24.3 Å². The molecule has 1 aliphatic rings. The van der Waals surface area contributed by atoms with Gasteiger partial charge in [0.15, 0.2) is 11.6 Å². The second kappa shape index (κ2) is 7.46. The molecule has 6 heteroatoms. The molecule has 1 N–H and O–H groups in total. The fourth-order valence-electron chi connectivity index (χ4n) is 2.88. The predicted octanol–water partition coefficient (Wildman–Crippen LogP) is 2.59. The number of rotatable bonds is 6. The van der Waals surface area contributed by atoms with Crippen LogP contribution in [0.25, 0.3) is 0 Å². The number of aromatic amines is 1. The van der Waals surface area contributed by atoms with Crippen LogP contribution in [0.5, 0.6) is 11.5 Å². The molecule has 6 nitrogen and oxygen atoms in total. The largest absolute Gasteiger partial charge is 0.494 e. The van der Waals surface area contributed by atoms with Gasteiger partial charge in [-0.05, 0) is 57.6 Å². The molecule has 2 heterocycles. The third-order valence-corrected chi connectivity index (χ3v) is 4.05. The zero-order chi connectivity index (χ0) is 16.1. The van der Waals surface area contributed by atoms with Crippen LogP contribution in [0.3, 0.4) is 0 Å². The van der Waals surface area contributed by atoms with Crippen LogP contribution in [0, 0.1) is 0 Å². The molecule has 1 saturated heterocycles. The van der Waals surface area contributed by atoms with Gasteiger partial charge < -0.3 is 14.4 Å². The van der Waals surface area contributed by atoms with Gasteiger partial charge in [0.25, 0.3) is 0 Å². The summed E-state index contributed by atoms with van der Waals surface area (Å²) in [4.78, 5) is 6.92. The zero-order valence-electron chi connectivity index (χ0n) is 13.8. The highest BCUT2D eigenvalue weighted by Gasteiger charge is 2.22. The van der Waals surface area contributed by atoms with Crippen molar-refractivity contribution in [3.63, 3.8) is 0 Å². The van der Waals surface area contributed by atoms with Gasteiger partial charge in [0.2, 0.25) is 0 Å². The van der Waals surface area contributed by atoms with E-state index in [-0.39, 0.29) is 0 Å². The molecular formula is C17H24N4O2. The highest BCUT2D eigenvalue weighted by Crippen LogP contribution is 2.23. The van der Waals surface area contributed by atoms with Gasteiger partial charge in [-0.2, -0.15) is 5.10 Å². The van der Waals surface area contributed by atoms with E-state index in [0.29, 0.717) is 19.1 Å². The number of benzene rings is 1. The molecule has 0 amide bonds. The molecule has 0 saturated carbocycles. The van der Waals surface area contributed by atoms with Crippen LogP contribution < -0.4 is 9.47 Å². The summed E-state index contributed by atoms with van der Waals surface area (Å²) < 4.78 is 11.2. The number of ether oxygens (including phenoxy) is 2. The van der Waals surface area contributed by atoms with E-state index in [2.05, 4.69) is 27.1 Å². The average molecular weight is 316 g/mol. The molecule has 0 unspecified atom stereocenters. The summed E-state index contributed by atoms with van der Waals surface area (Å²) in [5.41, 5.74) is 0.